The first kappa shape index (κ1) is 15.2. The number of hydrogen-bond acceptors (Lipinski definition) is 2. The molecule has 0 aliphatic carbocycles. The van der Waals surface area contributed by atoms with Crippen molar-refractivity contribution in [1.29, 1.82) is 0 Å². The van der Waals surface area contributed by atoms with Crippen LogP contribution in [0.4, 0.5) is 0 Å². The lowest BCUT2D eigenvalue weighted by atomic mass is 9.95. The minimum atomic E-state index is 0.615. The SMILES string of the molecule is Cc1c(CNC(CC(C)C)CC(C)C)cnn1C. The number of aryl methyl sites for hydroxylation is 1. The minimum Gasteiger partial charge on any atom is -0.310 e. The first-order valence-corrected chi connectivity index (χ1v) is 7.11. The Kier molecular flexibility index (Phi) is 5.86. The summed E-state index contributed by atoms with van der Waals surface area (Å²) in [6.45, 7) is 12.2. The van der Waals surface area contributed by atoms with Gasteiger partial charge >= 0.3 is 0 Å². The Bertz CT molecular complexity index is 343. The Labute approximate surface area is 112 Å². The van der Waals surface area contributed by atoms with E-state index in [1.165, 1.54) is 24.1 Å². The summed E-state index contributed by atoms with van der Waals surface area (Å²) >= 11 is 0. The Hall–Kier alpha value is -0.830. The highest BCUT2D eigenvalue weighted by Crippen LogP contribution is 2.14. The smallest absolute Gasteiger partial charge is 0.0537 e. The van der Waals surface area contributed by atoms with Crippen LogP contribution in [0.2, 0.25) is 0 Å². The number of rotatable bonds is 7. The van der Waals surface area contributed by atoms with Gasteiger partial charge in [0.15, 0.2) is 0 Å². The zero-order valence-electron chi connectivity index (χ0n) is 12.8. The monoisotopic (exact) mass is 251 g/mol. The van der Waals surface area contributed by atoms with E-state index in [1.807, 2.05) is 17.9 Å². The summed E-state index contributed by atoms with van der Waals surface area (Å²) in [7, 11) is 2.00. The van der Waals surface area contributed by atoms with Gasteiger partial charge in [-0.3, -0.25) is 4.68 Å². The van der Waals surface area contributed by atoms with Gasteiger partial charge in [0.2, 0.25) is 0 Å². The van der Waals surface area contributed by atoms with Crippen molar-refractivity contribution in [1.82, 2.24) is 15.1 Å². The topological polar surface area (TPSA) is 29.9 Å². The van der Waals surface area contributed by atoms with E-state index in [2.05, 4.69) is 45.0 Å². The third-order valence-electron chi connectivity index (χ3n) is 3.43. The molecule has 18 heavy (non-hydrogen) atoms. The Morgan fingerprint density at radius 1 is 1.17 bits per heavy atom. The Balaban J connectivity index is 2.53. The van der Waals surface area contributed by atoms with Gasteiger partial charge in [0.05, 0.1) is 6.20 Å². The second-order valence-corrected chi connectivity index (χ2v) is 6.22. The molecule has 0 bridgehead atoms. The van der Waals surface area contributed by atoms with Gasteiger partial charge < -0.3 is 5.32 Å². The molecule has 0 aromatic carbocycles. The minimum absolute atomic E-state index is 0.615. The zero-order chi connectivity index (χ0) is 13.7. The van der Waals surface area contributed by atoms with Crippen LogP contribution in [0, 0.1) is 18.8 Å². The van der Waals surface area contributed by atoms with Crippen molar-refractivity contribution in [2.24, 2.45) is 18.9 Å². The predicted octanol–water partition coefficient (Wildman–Crippen LogP) is 3.28. The Morgan fingerprint density at radius 2 is 1.72 bits per heavy atom. The van der Waals surface area contributed by atoms with Crippen LogP contribution in [0.1, 0.15) is 51.8 Å². The zero-order valence-corrected chi connectivity index (χ0v) is 12.8. The predicted molar refractivity (Wildman–Crippen MR) is 77.5 cm³/mol. The van der Waals surface area contributed by atoms with Crippen LogP contribution in [0.25, 0.3) is 0 Å². The summed E-state index contributed by atoms with van der Waals surface area (Å²) < 4.78 is 1.94. The summed E-state index contributed by atoms with van der Waals surface area (Å²) in [5.41, 5.74) is 2.57. The lowest BCUT2D eigenvalue weighted by Crippen LogP contribution is -2.31. The molecule has 1 rings (SSSR count). The number of hydrogen-bond donors (Lipinski definition) is 1. The van der Waals surface area contributed by atoms with Crippen molar-refractivity contribution in [2.45, 2.75) is 60.0 Å². The summed E-state index contributed by atoms with van der Waals surface area (Å²) in [6, 6.07) is 0.615. The van der Waals surface area contributed by atoms with Crippen LogP contribution in [0.15, 0.2) is 6.20 Å². The van der Waals surface area contributed by atoms with Crippen LogP contribution in [-0.2, 0) is 13.6 Å². The van der Waals surface area contributed by atoms with Gasteiger partial charge in [-0.1, -0.05) is 27.7 Å². The average molecular weight is 251 g/mol. The lowest BCUT2D eigenvalue weighted by molar-refractivity contribution is 0.358. The van der Waals surface area contributed by atoms with Crippen LogP contribution in [0.3, 0.4) is 0 Å². The van der Waals surface area contributed by atoms with Gasteiger partial charge in [-0.15, -0.1) is 0 Å². The van der Waals surface area contributed by atoms with Gasteiger partial charge in [-0.25, -0.2) is 0 Å². The molecule has 1 aromatic heterocycles. The van der Waals surface area contributed by atoms with Gasteiger partial charge in [0, 0.05) is 30.9 Å². The largest absolute Gasteiger partial charge is 0.310 e. The van der Waals surface area contributed by atoms with E-state index in [9.17, 15) is 0 Å². The molecule has 3 nitrogen and oxygen atoms in total. The highest BCUT2D eigenvalue weighted by Gasteiger charge is 2.13. The molecule has 0 amide bonds. The van der Waals surface area contributed by atoms with E-state index in [4.69, 9.17) is 0 Å². The fraction of sp³-hybridized carbons (Fsp3) is 0.800. The van der Waals surface area contributed by atoms with E-state index in [0.717, 1.165) is 18.4 Å². The molecule has 0 fully saturated rings. The quantitative estimate of drug-likeness (QED) is 0.806. The molecule has 0 unspecified atom stereocenters. The lowest BCUT2D eigenvalue weighted by Gasteiger charge is -2.22. The van der Waals surface area contributed by atoms with E-state index < -0.39 is 0 Å². The van der Waals surface area contributed by atoms with Crippen molar-refractivity contribution in [3.63, 3.8) is 0 Å². The molecule has 0 aliphatic heterocycles. The first-order valence-electron chi connectivity index (χ1n) is 7.11. The highest BCUT2D eigenvalue weighted by atomic mass is 15.3. The molecule has 1 aromatic rings. The van der Waals surface area contributed by atoms with E-state index in [-0.39, 0.29) is 0 Å². The van der Waals surface area contributed by atoms with Crippen molar-refractivity contribution < 1.29 is 0 Å². The van der Waals surface area contributed by atoms with Crippen molar-refractivity contribution in [3.8, 4) is 0 Å². The summed E-state index contributed by atoms with van der Waals surface area (Å²) in [5, 5.41) is 7.99. The molecule has 0 saturated heterocycles. The third-order valence-corrected chi connectivity index (χ3v) is 3.43. The second kappa shape index (κ2) is 6.93. The molecule has 0 aliphatic rings. The van der Waals surface area contributed by atoms with Crippen molar-refractivity contribution >= 4 is 0 Å². The van der Waals surface area contributed by atoms with Crippen LogP contribution < -0.4 is 5.32 Å². The summed E-state index contributed by atoms with van der Waals surface area (Å²) in [5.74, 6) is 1.49. The number of nitrogens with one attached hydrogen (secondary N) is 1. The van der Waals surface area contributed by atoms with Crippen molar-refractivity contribution in [3.05, 3.63) is 17.5 Å². The van der Waals surface area contributed by atoms with Gasteiger partial charge in [0.25, 0.3) is 0 Å². The van der Waals surface area contributed by atoms with E-state index in [0.29, 0.717) is 6.04 Å². The van der Waals surface area contributed by atoms with Gasteiger partial charge in [-0.05, 0) is 31.6 Å². The van der Waals surface area contributed by atoms with Crippen LogP contribution in [0.5, 0.6) is 0 Å². The number of aromatic nitrogens is 2. The third kappa shape index (κ3) is 4.81. The fourth-order valence-electron chi connectivity index (χ4n) is 2.37. The summed E-state index contributed by atoms with van der Waals surface area (Å²) in [4.78, 5) is 0. The maximum atomic E-state index is 4.29. The maximum absolute atomic E-state index is 4.29. The van der Waals surface area contributed by atoms with Gasteiger partial charge in [-0.2, -0.15) is 5.10 Å². The summed E-state index contributed by atoms with van der Waals surface area (Å²) in [6.07, 6.45) is 4.47. The Morgan fingerprint density at radius 3 is 2.11 bits per heavy atom. The molecule has 0 spiro atoms. The second-order valence-electron chi connectivity index (χ2n) is 6.22. The van der Waals surface area contributed by atoms with Gasteiger partial charge in [0.1, 0.15) is 0 Å². The average Bonchev–Trinajstić information content (AvgIpc) is 2.55. The molecule has 3 heteroatoms. The normalized spacial score (nSPS) is 12.1. The fourth-order valence-corrected chi connectivity index (χ4v) is 2.37. The van der Waals surface area contributed by atoms with Crippen molar-refractivity contribution in [2.75, 3.05) is 0 Å². The van der Waals surface area contributed by atoms with E-state index >= 15 is 0 Å². The molecule has 0 saturated carbocycles. The molecule has 0 atom stereocenters. The number of nitrogens with zero attached hydrogens (tertiary/aromatic N) is 2. The molecule has 104 valence electrons. The molecule has 0 radical (unpaired) electrons. The van der Waals surface area contributed by atoms with Crippen LogP contribution in [-0.4, -0.2) is 15.8 Å². The van der Waals surface area contributed by atoms with E-state index in [1.54, 1.807) is 0 Å². The molecular formula is C15H29N3. The standard InChI is InChI=1S/C15H29N3/c1-11(2)7-15(8-12(3)4)16-9-14-10-17-18(6)13(14)5/h10-12,15-16H,7-9H2,1-6H3. The molecule has 1 N–H and O–H groups in total. The molecule has 1 heterocycles. The maximum Gasteiger partial charge on any atom is 0.0537 e. The van der Waals surface area contributed by atoms with Crippen LogP contribution >= 0.6 is 0 Å². The first-order chi connectivity index (χ1) is 8.40. The highest BCUT2D eigenvalue weighted by molar-refractivity contribution is 5.15. The molecular weight excluding hydrogens is 222 g/mol.